The molecule has 0 saturated heterocycles. The normalized spacial score (nSPS) is 24.7. The van der Waals surface area contributed by atoms with Crippen LogP contribution in [0.5, 0.6) is 0 Å². The molecule has 2 heterocycles. The average molecular weight is 403 g/mol. The Morgan fingerprint density at radius 3 is 1.35 bits per heavy atom. The summed E-state index contributed by atoms with van der Waals surface area (Å²) in [6.07, 6.45) is 3.36. The van der Waals surface area contributed by atoms with Gasteiger partial charge in [0.1, 0.15) is 10.5 Å². The van der Waals surface area contributed by atoms with Crippen LogP contribution in [0.3, 0.4) is 0 Å². The van der Waals surface area contributed by atoms with E-state index in [4.69, 9.17) is 10.2 Å². The second-order valence-electron chi connectivity index (χ2n) is 2.56. The van der Waals surface area contributed by atoms with Gasteiger partial charge in [-0.2, -0.15) is 0 Å². The first-order chi connectivity index (χ1) is 7.61. The predicted octanol–water partition coefficient (Wildman–Crippen LogP) is 2.69. The van der Waals surface area contributed by atoms with Crippen LogP contribution in [-0.4, -0.2) is 32.7 Å². The van der Waals surface area contributed by atoms with E-state index in [0.717, 1.165) is 0 Å². The van der Waals surface area contributed by atoms with Crippen molar-refractivity contribution in [3.63, 3.8) is 0 Å². The third-order valence-corrected chi connectivity index (χ3v) is 5.89. The van der Waals surface area contributed by atoms with Crippen LogP contribution >= 0.6 is 43.2 Å². The van der Waals surface area contributed by atoms with Gasteiger partial charge in [0.25, 0.3) is 0 Å². The van der Waals surface area contributed by atoms with E-state index in [-0.39, 0.29) is 30.9 Å². The summed E-state index contributed by atoms with van der Waals surface area (Å²) in [7, 11) is 5.64. The topological polar surface area (TPSA) is 74.6 Å². The first-order valence-electron chi connectivity index (χ1n) is 4.04. The van der Waals surface area contributed by atoms with E-state index in [1.807, 2.05) is 0 Å². The Balaban J connectivity index is 0.000000284. The Labute approximate surface area is 128 Å². The monoisotopic (exact) mass is 402 g/mol. The minimum Gasteiger partial charge on any atom is -0.480 e. The smallest absolute Gasteiger partial charge is 0.321 e. The number of carbonyl (C=O) groups is 2. The fourth-order valence-electron chi connectivity index (χ4n) is 0.702. The van der Waals surface area contributed by atoms with Gasteiger partial charge in [0, 0.05) is 20.4 Å². The van der Waals surface area contributed by atoms with Crippen LogP contribution in [0.25, 0.3) is 0 Å². The first-order valence-corrected chi connectivity index (χ1v) is 8.59. The maximum absolute atomic E-state index is 10.1. The number of hydrogen-bond acceptors (Lipinski definition) is 6. The molecule has 98 valence electrons. The Bertz CT molecular complexity index is 301. The number of hydrogen-bond donors (Lipinski definition) is 2. The molecule has 0 radical (unpaired) electrons. The molecule has 0 amide bonds. The number of aliphatic carboxylic acids is 2. The summed E-state index contributed by atoms with van der Waals surface area (Å²) in [5, 5.41) is 19.6. The fraction of sp³-hybridized carbons (Fsp3) is 0.250. The van der Waals surface area contributed by atoms with Gasteiger partial charge >= 0.3 is 11.9 Å². The summed E-state index contributed by atoms with van der Waals surface area (Å²) in [6.45, 7) is 0. The van der Waals surface area contributed by atoms with E-state index < -0.39 is 11.9 Å². The molecule has 0 aromatic carbocycles. The molecule has 2 rings (SSSR count). The van der Waals surface area contributed by atoms with Gasteiger partial charge in [-0.1, -0.05) is 55.3 Å². The molecule has 2 atom stereocenters. The summed E-state index contributed by atoms with van der Waals surface area (Å²) in [5.41, 5.74) is 0. The van der Waals surface area contributed by atoms with Crippen LogP contribution in [0.15, 0.2) is 23.0 Å². The summed E-state index contributed by atoms with van der Waals surface area (Å²) >= 11 is 0. The zero-order chi connectivity index (χ0) is 12.0. The number of rotatable bonds is 2. The summed E-state index contributed by atoms with van der Waals surface area (Å²) in [5.74, 6) is -1.51. The molecule has 0 saturated carbocycles. The van der Waals surface area contributed by atoms with Gasteiger partial charge in [-0.25, -0.2) is 0 Å². The van der Waals surface area contributed by atoms with Crippen molar-refractivity contribution in [2.45, 2.75) is 10.5 Å². The van der Waals surface area contributed by atoms with Crippen LogP contribution < -0.4 is 0 Å². The number of carboxylic acids is 2. The Kier molecular flexibility index (Phi) is 9.68. The SMILES string of the molecule is O=C(O)C1C=CSS1.O=C(O)C1C=CSS1.[Pd]. The summed E-state index contributed by atoms with van der Waals surface area (Å²) < 4.78 is 0. The maximum Gasteiger partial charge on any atom is 0.321 e. The van der Waals surface area contributed by atoms with Crippen molar-refractivity contribution in [1.82, 2.24) is 0 Å². The average Bonchev–Trinajstić information content (AvgIpc) is 2.93. The molecule has 4 nitrogen and oxygen atoms in total. The standard InChI is InChI=1S/2C4H4O2S2.Pd/c2*5-4(6)3-1-2-7-8-3;/h2*1-3H,(H,5,6);. The summed E-state index contributed by atoms with van der Waals surface area (Å²) in [6, 6.07) is 0. The molecular formula is C8H8O4PdS4. The molecule has 9 heteroatoms. The third-order valence-electron chi connectivity index (χ3n) is 1.42. The van der Waals surface area contributed by atoms with Crippen LogP contribution in [0.4, 0.5) is 0 Å². The van der Waals surface area contributed by atoms with Gasteiger partial charge in [0.15, 0.2) is 0 Å². The molecule has 0 fully saturated rings. The van der Waals surface area contributed by atoms with Gasteiger partial charge < -0.3 is 10.2 Å². The van der Waals surface area contributed by atoms with Gasteiger partial charge in [-0.05, 0) is 10.8 Å². The summed E-state index contributed by atoms with van der Waals surface area (Å²) in [4.78, 5) is 20.2. The van der Waals surface area contributed by atoms with Crippen LogP contribution in [0.2, 0.25) is 0 Å². The third kappa shape index (κ3) is 6.84. The first kappa shape index (κ1) is 17.5. The Morgan fingerprint density at radius 2 is 1.24 bits per heavy atom. The van der Waals surface area contributed by atoms with Gasteiger partial charge in [0.2, 0.25) is 0 Å². The Morgan fingerprint density at radius 1 is 0.882 bits per heavy atom. The van der Waals surface area contributed by atoms with Crippen LogP contribution in [0, 0.1) is 0 Å². The minimum absolute atomic E-state index is 0. The van der Waals surface area contributed by atoms with E-state index in [9.17, 15) is 9.59 Å². The minimum atomic E-state index is -0.753. The van der Waals surface area contributed by atoms with E-state index >= 15 is 0 Å². The largest absolute Gasteiger partial charge is 0.480 e. The molecule has 0 spiro atoms. The second-order valence-corrected chi connectivity index (χ2v) is 7.20. The second kappa shape index (κ2) is 9.42. The molecule has 17 heavy (non-hydrogen) atoms. The van der Waals surface area contributed by atoms with Crippen molar-refractivity contribution in [1.29, 1.82) is 0 Å². The molecule has 2 aliphatic rings. The van der Waals surface area contributed by atoms with Crippen LogP contribution in [0.1, 0.15) is 0 Å². The van der Waals surface area contributed by atoms with Crippen molar-refractivity contribution < 1.29 is 40.2 Å². The molecule has 0 aromatic rings. The van der Waals surface area contributed by atoms with Crippen molar-refractivity contribution in [3.05, 3.63) is 23.0 Å². The van der Waals surface area contributed by atoms with E-state index in [2.05, 4.69) is 0 Å². The van der Waals surface area contributed by atoms with Crippen molar-refractivity contribution in [2.75, 3.05) is 0 Å². The van der Waals surface area contributed by atoms with E-state index in [0.29, 0.717) is 0 Å². The molecule has 2 N–H and O–H groups in total. The van der Waals surface area contributed by atoms with Gasteiger partial charge in [-0.15, -0.1) is 0 Å². The van der Waals surface area contributed by atoms with Crippen molar-refractivity contribution >= 4 is 55.1 Å². The van der Waals surface area contributed by atoms with Gasteiger partial charge in [0.05, 0.1) is 0 Å². The molecular weight excluding hydrogens is 395 g/mol. The quantitative estimate of drug-likeness (QED) is 0.539. The Hall–Kier alpha value is 0.482. The molecule has 0 bridgehead atoms. The van der Waals surface area contributed by atoms with Crippen molar-refractivity contribution in [3.8, 4) is 0 Å². The number of carboxylic acid groups (broad SMARTS) is 2. The van der Waals surface area contributed by atoms with Gasteiger partial charge in [-0.3, -0.25) is 9.59 Å². The van der Waals surface area contributed by atoms with E-state index in [1.54, 1.807) is 23.0 Å². The van der Waals surface area contributed by atoms with E-state index in [1.165, 1.54) is 43.2 Å². The predicted molar refractivity (Wildman–Crippen MR) is 71.5 cm³/mol. The maximum atomic E-state index is 10.1. The zero-order valence-electron chi connectivity index (χ0n) is 8.12. The molecule has 0 aromatic heterocycles. The molecule has 2 aliphatic heterocycles. The van der Waals surface area contributed by atoms with Crippen LogP contribution in [-0.2, 0) is 30.0 Å². The fourth-order valence-corrected chi connectivity index (χ4v) is 4.53. The molecule has 0 aliphatic carbocycles. The molecule has 2 unspecified atom stereocenters. The van der Waals surface area contributed by atoms with Crippen molar-refractivity contribution in [2.24, 2.45) is 0 Å². The zero-order valence-corrected chi connectivity index (χ0v) is 12.9.